The quantitative estimate of drug-likeness (QED) is 0.125. The molecule has 0 amide bonds. The van der Waals surface area contributed by atoms with Crippen molar-refractivity contribution in [2.75, 3.05) is 9.80 Å². The maximum Gasteiger partial charge on any atom is 0.0482 e. The lowest BCUT2D eigenvalue weighted by atomic mass is 9.78. The highest BCUT2D eigenvalue weighted by Gasteiger charge is 2.25. The lowest BCUT2D eigenvalue weighted by Gasteiger charge is -2.31. The molecule has 0 heterocycles. The van der Waals surface area contributed by atoms with Crippen LogP contribution in [0, 0.1) is 0 Å². The van der Waals surface area contributed by atoms with Gasteiger partial charge in [-0.25, -0.2) is 0 Å². The molecule has 0 bridgehead atoms. The van der Waals surface area contributed by atoms with Crippen molar-refractivity contribution in [3.63, 3.8) is 0 Å². The third-order valence-electron chi connectivity index (χ3n) is 10.8. The first-order chi connectivity index (χ1) is 26.2. The molecule has 0 fully saturated rings. The molecule has 0 atom stereocenters. The van der Waals surface area contributed by atoms with Crippen LogP contribution in [0.1, 0.15) is 61.1 Å². The van der Waals surface area contributed by atoms with Crippen molar-refractivity contribution >= 4 is 46.3 Å². The second-order valence-corrected chi connectivity index (χ2v) is 14.9. The van der Waals surface area contributed by atoms with Gasteiger partial charge in [0.05, 0.1) is 0 Å². The zero-order valence-electron chi connectivity index (χ0n) is 31.8. The lowest BCUT2D eigenvalue weighted by Crippen LogP contribution is -2.19. The minimum Gasteiger partial charge on any atom is -0.310 e. The van der Waals surface area contributed by atoms with Crippen LogP contribution < -0.4 is 9.80 Å². The molecule has 2 nitrogen and oxygen atoms in total. The number of hydrogen-bond acceptors (Lipinski definition) is 2. The van der Waals surface area contributed by atoms with Crippen molar-refractivity contribution in [1.29, 1.82) is 0 Å². The summed E-state index contributed by atoms with van der Waals surface area (Å²) in [7, 11) is 0. The monoisotopic (exact) mass is 700 g/mol. The predicted octanol–water partition coefficient (Wildman–Crippen LogP) is 14.6. The van der Waals surface area contributed by atoms with Crippen molar-refractivity contribution in [1.82, 2.24) is 0 Å². The Kier molecular flexibility index (Phi) is 10.2. The van der Waals surface area contributed by atoms with Crippen molar-refractivity contribution in [2.24, 2.45) is 0 Å². The Hall–Kier alpha value is -6.38. The summed E-state index contributed by atoms with van der Waals surface area (Å²) in [4.78, 5) is 4.68. The second-order valence-electron chi connectivity index (χ2n) is 14.9. The minimum atomic E-state index is -0.160. The number of para-hydroxylation sites is 2. The van der Waals surface area contributed by atoms with E-state index in [1.165, 1.54) is 22.3 Å². The van der Waals surface area contributed by atoms with E-state index in [1.807, 2.05) is 12.2 Å². The van der Waals surface area contributed by atoms with Gasteiger partial charge < -0.3 is 9.80 Å². The average molecular weight is 701 g/mol. The summed E-state index contributed by atoms with van der Waals surface area (Å²) in [5.41, 5.74) is 13.5. The summed E-state index contributed by atoms with van der Waals surface area (Å²) < 4.78 is 0. The van der Waals surface area contributed by atoms with E-state index in [4.69, 9.17) is 0 Å². The Bertz CT molecular complexity index is 2150. The summed E-state index contributed by atoms with van der Waals surface area (Å²) in [6.45, 7) is 17.0. The fourth-order valence-electron chi connectivity index (χ4n) is 7.28. The third kappa shape index (κ3) is 7.29. The Morgan fingerprint density at radius 1 is 0.333 bits per heavy atom. The van der Waals surface area contributed by atoms with Gasteiger partial charge in [0, 0.05) is 45.0 Å². The summed E-state index contributed by atoms with van der Waals surface area (Å²) in [5, 5.41) is 0. The number of nitrogens with zero attached hydrogens (tertiary/aromatic N) is 2. The van der Waals surface area contributed by atoms with E-state index < -0.39 is 0 Å². The highest BCUT2D eigenvalue weighted by atomic mass is 15.2. The molecule has 0 saturated heterocycles. The number of anilines is 6. The fourth-order valence-corrected chi connectivity index (χ4v) is 7.28. The highest BCUT2D eigenvalue weighted by Crippen LogP contribution is 2.42. The van der Waals surface area contributed by atoms with E-state index in [9.17, 15) is 0 Å². The third-order valence-corrected chi connectivity index (χ3v) is 10.8. The average Bonchev–Trinajstić information content (AvgIpc) is 3.22. The fraction of sp³-hybridized carbons (Fsp3) is 0.115. The van der Waals surface area contributed by atoms with E-state index in [1.54, 1.807) is 0 Å². The molecule has 0 spiro atoms. The van der Waals surface area contributed by atoms with Crippen LogP contribution in [0.15, 0.2) is 195 Å². The van der Waals surface area contributed by atoms with Gasteiger partial charge in [0.25, 0.3) is 0 Å². The molecule has 0 unspecified atom stereocenters. The van der Waals surface area contributed by atoms with Gasteiger partial charge in [0.2, 0.25) is 0 Å². The molecule has 266 valence electrons. The molecule has 0 radical (unpaired) electrons. The van der Waals surface area contributed by atoms with E-state index in [0.717, 1.165) is 45.3 Å². The van der Waals surface area contributed by atoms with E-state index in [2.05, 4.69) is 233 Å². The van der Waals surface area contributed by atoms with Crippen LogP contribution in [-0.4, -0.2) is 0 Å². The number of hydrogen-bond donors (Lipinski definition) is 0. The maximum absolute atomic E-state index is 3.92. The first-order valence-corrected chi connectivity index (χ1v) is 18.7. The van der Waals surface area contributed by atoms with Crippen molar-refractivity contribution in [2.45, 2.75) is 38.5 Å². The number of rotatable bonds is 12. The molecule has 0 aliphatic heterocycles. The molecule has 54 heavy (non-hydrogen) atoms. The predicted molar refractivity (Wildman–Crippen MR) is 233 cm³/mol. The lowest BCUT2D eigenvalue weighted by molar-refractivity contribution is 0.641. The Morgan fingerprint density at radius 2 is 0.611 bits per heavy atom. The van der Waals surface area contributed by atoms with Gasteiger partial charge in [-0.1, -0.05) is 168 Å². The summed E-state index contributed by atoms with van der Waals surface area (Å²) in [6, 6.07) is 65.5. The summed E-state index contributed by atoms with van der Waals surface area (Å²) in [6.07, 6.45) is 3.78. The molecule has 7 aromatic rings. The molecule has 0 saturated carbocycles. The van der Waals surface area contributed by atoms with Gasteiger partial charge in [0.1, 0.15) is 0 Å². The molecule has 0 aromatic heterocycles. The molecular formula is C52H48N2. The Morgan fingerprint density at radius 3 is 0.926 bits per heavy atom. The van der Waals surface area contributed by atoms with Crippen molar-refractivity contribution in [3.05, 3.63) is 229 Å². The van der Waals surface area contributed by atoms with Crippen LogP contribution in [0.25, 0.3) is 12.2 Å². The number of benzene rings is 7. The normalized spacial score (nSPS) is 11.5. The molecule has 0 aliphatic rings. The molecule has 0 N–H and O–H groups in total. The van der Waals surface area contributed by atoms with Gasteiger partial charge in [0.15, 0.2) is 0 Å². The van der Waals surface area contributed by atoms with E-state index >= 15 is 0 Å². The second kappa shape index (κ2) is 15.3. The summed E-state index contributed by atoms with van der Waals surface area (Å²) >= 11 is 0. The summed E-state index contributed by atoms with van der Waals surface area (Å²) in [5.74, 6) is 0. The topological polar surface area (TPSA) is 6.48 Å². The first kappa shape index (κ1) is 36.0. The molecular weight excluding hydrogens is 653 g/mol. The largest absolute Gasteiger partial charge is 0.310 e. The molecule has 7 rings (SSSR count). The highest BCUT2D eigenvalue weighted by molar-refractivity contribution is 5.83. The van der Waals surface area contributed by atoms with E-state index in [-0.39, 0.29) is 10.8 Å². The standard InChI is InChI=1S/C52H48N2/c1-7-39-22-26-41(27-23-39)51(3,4)43-30-34-47(35-31-43)53(45-16-11-9-12-17-45)49-20-15-21-50(38-49)54(46-18-13-10-14-19-46)48-36-32-44(33-37-48)52(5,6)42-28-24-40(8-2)25-29-42/h7-38H,1-2H2,3-6H3. The maximum atomic E-state index is 3.92. The molecule has 7 aromatic carbocycles. The molecule has 0 aliphatic carbocycles. The van der Waals surface area contributed by atoms with Gasteiger partial charge in [-0.2, -0.15) is 0 Å². The van der Waals surface area contributed by atoms with E-state index in [0.29, 0.717) is 0 Å². The van der Waals surface area contributed by atoms with Crippen LogP contribution in [0.3, 0.4) is 0 Å². The zero-order chi connectivity index (χ0) is 37.7. The van der Waals surface area contributed by atoms with Gasteiger partial charge in [-0.05, 0) is 100 Å². The van der Waals surface area contributed by atoms with Crippen molar-refractivity contribution in [3.8, 4) is 0 Å². The Balaban J connectivity index is 1.26. The van der Waals surface area contributed by atoms with Crippen LogP contribution in [0.4, 0.5) is 34.1 Å². The van der Waals surface area contributed by atoms with Gasteiger partial charge in [-0.3, -0.25) is 0 Å². The van der Waals surface area contributed by atoms with Crippen LogP contribution in [-0.2, 0) is 10.8 Å². The Labute approximate surface area is 322 Å². The van der Waals surface area contributed by atoms with Gasteiger partial charge in [-0.15, -0.1) is 0 Å². The van der Waals surface area contributed by atoms with Gasteiger partial charge >= 0.3 is 0 Å². The van der Waals surface area contributed by atoms with Crippen LogP contribution >= 0.6 is 0 Å². The van der Waals surface area contributed by atoms with Crippen molar-refractivity contribution < 1.29 is 0 Å². The minimum absolute atomic E-state index is 0.160. The first-order valence-electron chi connectivity index (χ1n) is 18.7. The SMILES string of the molecule is C=Cc1ccc(C(C)(C)c2ccc(N(c3ccccc3)c3cccc(N(c4ccccc4)c4ccc(C(C)(C)c5ccc(C=C)cc5)cc4)c3)cc2)cc1. The van der Waals surface area contributed by atoms with Crippen LogP contribution in [0.2, 0.25) is 0 Å². The molecule has 2 heteroatoms. The zero-order valence-corrected chi connectivity index (χ0v) is 31.8. The smallest absolute Gasteiger partial charge is 0.0482 e. The van der Waals surface area contributed by atoms with Crippen LogP contribution in [0.5, 0.6) is 0 Å².